The second-order valence-electron chi connectivity index (χ2n) is 5.11. The van der Waals surface area contributed by atoms with Gasteiger partial charge in [0.15, 0.2) is 0 Å². The quantitative estimate of drug-likeness (QED) is 0.722. The van der Waals surface area contributed by atoms with Gasteiger partial charge < -0.3 is 5.32 Å². The van der Waals surface area contributed by atoms with Gasteiger partial charge in [-0.15, -0.1) is 0 Å². The molecule has 3 heteroatoms. The zero-order chi connectivity index (χ0) is 11.2. The Hall–Kier alpha value is -0.590. The third-order valence-electron chi connectivity index (χ3n) is 4.02. The van der Waals surface area contributed by atoms with Crippen LogP contribution in [0.3, 0.4) is 0 Å². The highest BCUT2D eigenvalue weighted by Gasteiger charge is 2.28. The highest BCUT2D eigenvalue weighted by atomic mass is 15.2. The van der Waals surface area contributed by atoms with Crippen molar-refractivity contribution in [3.63, 3.8) is 0 Å². The Balaban J connectivity index is 1.94. The van der Waals surface area contributed by atoms with E-state index >= 15 is 0 Å². The number of hydrogen-bond donors (Lipinski definition) is 1. The Bertz CT molecular complexity index is 232. The van der Waals surface area contributed by atoms with E-state index in [4.69, 9.17) is 0 Å². The van der Waals surface area contributed by atoms with Crippen molar-refractivity contribution in [2.75, 3.05) is 26.2 Å². The molecule has 2 aliphatic rings. The third-order valence-corrected chi connectivity index (χ3v) is 4.02. The summed E-state index contributed by atoms with van der Waals surface area (Å²) in [6.07, 6.45) is 7.93. The van der Waals surface area contributed by atoms with E-state index in [0.717, 1.165) is 26.2 Å². The lowest BCUT2D eigenvalue weighted by atomic mass is 9.91. The summed E-state index contributed by atoms with van der Waals surface area (Å²) in [5.74, 6) is 0.630. The van der Waals surface area contributed by atoms with E-state index in [9.17, 15) is 5.26 Å². The van der Waals surface area contributed by atoms with Crippen LogP contribution < -0.4 is 5.32 Å². The average Bonchev–Trinajstić information content (AvgIpc) is 2.61. The summed E-state index contributed by atoms with van der Waals surface area (Å²) in [6, 6.07) is 2.75. The van der Waals surface area contributed by atoms with E-state index in [1.807, 2.05) is 0 Å². The molecule has 0 bridgehead atoms. The van der Waals surface area contributed by atoms with Gasteiger partial charge in [-0.2, -0.15) is 5.26 Å². The predicted molar refractivity (Wildman–Crippen MR) is 65.0 cm³/mol. The lowest BCUT2D eigenvalue weighted by Gasteiger charge is -2.35. The Morgan fingerprint density at radius 1 is 1.06 bits per heavy atom. The zero-order valence-corrected chi connectivity index (χ0v) is 10.1. The van der Waals surface area contributed by atoms with Gasteiger partial charge in [0.25, 0.3) is 0 Å². The van der Waals surface area contributed by atoms with Gasteiger partial charge in [-0.1, -0.05) is 25.7 Å². The first kappa shape index (κ1) is 11.9. The minimum atomic E-state index is 0.181. The van der Waals surface area contributed by atoms with Crippen LogP contribution in [0.1, 0.15) is 38.5 Å². The SMILES string of the molecule is N#CC(C1CCCCCC1)N1CCNCC1. The van der Waals surface area contributed by atoms with Crippen molar-refractivity contribution in [3.05, 3.63) is 0 Å². The highest BCUT2D eigenvalue weighted by molar-refractivity contribution is 4.98. The van der Waals surface area contributed by atoms with Crippen LogP contribution in [0, 0.1) is 17.2 Å². The molecule has 0 aromatic heterocycles. The fourth-order valence-corrected chi connectivity index (χ4v) is 3.07. The Morgan fingerprint density at radius 2 is 1.69 bits per heavy atom. The molecule has 1 unspecified atom stereocenters. The predicted octanol–water partition coefficient (Wildman–Crippen LogP) is 1.75. The molecule has 1 saturated heterocycles. The van der Waals surface area contributed by atoms with Crippen molar-refractivity contribution < 1.29 is 0 Å². The summed E-state index contributed by atoms with van der Waals surface area (Å²) < 4.78 is 0. The number of nitriles is 1. The van der Waals surface area contributed by atoms with Gasteiger partial charge in [-0.25, -0.2) is 0 Å². The van der Waals surface area contributed by atoms with Crippen molar-refractivity contribution in [2.45, 2.75) is 44.6 Å². The summed E-state index contributed by atoms with van der Waals surface area (Å²) in [6.45, 7) is 4.19. The molecule has 16 heavy (non-hydrogen) atoms. The molecule has 1 heterocycles. The number of hydrogen-bond acceptors (Lipinski definition) is 3. The van der Waals surface area contributed by atoms with Crippen molar-refractivity contribution in [2.24, 2.45) is 5.92 Å². The normalized spacial score (nSPS) is 26.9. The van der Waals surface area contributed by atoms with Crippen molar-refractivity contribution in [1.82, 2.24) is 10.2 Å². The third kappa shape index (κ3) is 2.96. The van der Waals surface area contributed by atoms with Crippen LogP contribution in [0.5, 0.6) is 0 Å². The number of nitrogens with zero attached hydrogens (tertiary/aromatic N) is 2. The Kier molecular flexibility index (Phi) is 4.62. The fourth-order valence-electron chi connectivity index (χ4n) is 3.07. The van der Waals surface area contributed by atoms with Crippen molar-refractivity contribution in [3.8, 4) is 6.07 Å². The van der Waals surface area contributed by atoms with Gasteiger partial charge in [-0.05, 0) is 18.8 Å². The van der Waals surface area contributed by atoms with E-state index < -0.39 is 0 Å². The summed E-state index contributed by atoms with van der Waals surface area (Å²) >= 11 is 0. The molecule has 1 atom stereocenters. The van der Waals surface area contributed by atoms with Crippen LogP contribution in [-0.2, 0) is 0 Å². The van der Waals surface area contributed by atoms with Crippen LogP contribution in [0.15, 0.2) is 0 Å². The molecule has 1 N–H and O–H groups in total. The van der Waals surface area contributed by atoms with Crippen molar-refractivity contribution >= 4 is 0 Å². The van der Waals surface area contributed by atoms with E-state index in [1.165, 1.54) is 38.5 Å². The fraction of sp³-hybridized carbons (Fsp3) is 0.923. The number of rotatable bonds is 2. The van der Waals surface area contributed by atoms with Gasteiger partial charge in [0.2, 0.25) is 0 Å². The molecule has 1 saturated carbocycles. The topological polar surface area (TPSA) is 39.1 Å². The van der Waals surface area contributed by atoms with Gasteiger partial charge in [-0.3, -0.25) is 4.90 Å². The minimum Gasteiger partial charge on any atom is -0.314 e. The summed E-state index contributed by atoms with van der Waals surface area (Å²) in [5.41, 5.74) is 0. The average molecular weight is 221 g/mol. The zero-order valence-electron chi connectivity index (χ0n) is 10.1. The monoisotopic (exact) mass is 221 g/mol. The first-order valence-electron chi connectivity index (χ1n) is 6.76. The largest absolute Gasteiger partial charge is 0.314 e. The lowest BCUT2D eigenvalue weighted by Crippen LogP contribution is -2.50. The molecule has 0 spiro atoms. The molecular formula is C13H23N3. The summed E-state index contributed by atoms with van der Waals surface area (Å²) in [4.78, 5) is 2.40. The Labute approximate surface area is 98.8 Å². The first-order valence-corrected chi connectivity index (χ1v) is 6.76. The standard InChI is InChI=1S/C13H23N3/c14-11-13(16-9-7-15-8-10-16)12-5-3-1-2-4-6-12/h12-13,15H,1-10H2. The maximum absolute atomic E-state index is 9.41. The molecule has 3 nitrogen and oxygen atoms in total. The first-order chi connectivity index (χ1) is 7.92. The van der Waals surface area contributed by atoms with E-state index in [2.05, 4.69) is 16.3 Å². The molecule has 0 radical (unpaired) electrons. The highest BCUT2D eigenvalue weighted by Crippen LogP contribution is 2.28. The van der Waals surface area contributed by atoms with E-state index in [-0.39, 0.29) is 6.04 Å². The second-order valence-corrected chi connectivity index (χ2v) is 5.11. The smallest absolute Gasteiger partial charge is 0.101 e. The Morgan fingerprint density at radius 3 is 2.25 bits per heavy atom. The number of piperazine rings is 1. The van der Waals surface area contributed by atoms with Gasteiger partial charge in [0.1, 0.15) is 6.04 Å². The molecule has 0 amide bonds. The van der Waals surface area contributed by atoms with Crippen LogP contribution in [-0.4, -0.2) is 37.1 Å². The van der Waals surface area contributed by atoms with Crippen LogP contribution in [0.25, 0.3) is 0 Å². The molecule has 90 valence electrons. The second kappa shape index (κ2) is 6.22. The maximum atomic E-state index is 9.41. The molecule has 2 rings (SSSR count). The molecular weight excluding hydrogens is 198 g/mol. The summed E-state index contributed by atoms with van der Waals surface area (Å²) in [5, 5.41) is 12.8. The van der Waals surface area contributed by atoms with Crippen LogP contribution in [0.4, 0.5) is 0 Å². The molecule has 0 aromatic rings. The molecule has 0 aromatic carbocycles. The van der Waals surface area contributed by atoms with E-state index in [1.54, 1.807) is 0 Å². The molecule has 1 aliphatic carbocycles. The van der Waals surface area contributed by atoms with Crippen LogP contribution >= 0.6 is 0 Å². The number of nitrogens with one attached hydrogen (secondary N) is 1. The van der Waals surface area contributed by atoms with Gasteiger partial charge in [0, 0.05) is 26.2 Å². The van der Waals surface area contributed by atoms with Gasteiger partial charge in [0.05, 0.1) is 6.07 Å². The van der Waals surface area contributed by atoms with E-state index in [0.29, 0.717) is 5.92 Å². The van der Waals surface area contributed by atoms with Crippen LogP contribution in [0.2, 0.25) is 0 Å². The summed E-state index contributed by atoms with van der Waals surface area (Å²) in [7, 11) is 0. The molecule has 2 fully saturated rings. The maximum Gasteiger partial charge on any atom is 0.101 e. The minimum absolute atomic E-state index is 0.181. The van der Waals surface area contributed by atoms with Crippen molar-refractivity contribution in [1.29, 1.82) is 5.26 Å². The molecule has 1 aliphatic heterocycles. The lowest BCUT2D eigenvalue weighted by molar-refractivity contribution is 0.152. The van der Waals surface area contributed by atoms with Gasteiger partial charge >= 0.3 is 0 Å².